The lowest BCUT2D eigenvalue weighted by atomic mass is 9.99. The third-order valence-electron chi connectivity index (χ3n) is 6.54. The maximum Gasteiger partial charge on any atom is 0.416 e. The molecule has 0 aromatic heterocycles. The largest absolute Gasteiger partial charge is 0.467 e. The maximum atomic E-state index is 13.5. The molecule has 230 valence electrons. The summed E-state index contributed by atoms with van der Waals surface area (Å²) in [5, 5.41) is 2.54. The van der Waals surface area contributed by atoms with E-state index in [9.17, 15) is 35.6 Å². The number of esters is 1. The molecule has 0 aliphatic carbocycles. The molecular formula is C31H25ClF4N2O5S. The van der Waals surface area contributed by atoms with Gasteiger partial charge in [0.25, 0.3) is 5.91 Å². The first-order valence-corrected chi connectivity index (χ1v) is 15.1. The molecule has 0 aliphatic heterocycles. The Morgan fingerprint density at radius 1 is 0.864 bits per heavy atom. The zero-order valence-corrected chi connectivity index (χ0v) is 24.8. The summed E-state index contributed by atoms with van der Waals surface area (Å²) in [4.78, 5) is 26.2. The first-order chi connectivity index (χ1) is 20.6. The Bertz CT molecular complexity index is 1800. The molecule has 1 atom stereocenters. The van der Waals surface area contributed by atoms with E-state index in [1.807, 2.05) is 0 Å². The first kappa shape index (κ1) is 32.5. The van der Waals surface area contributed by atoms with Crippen molar-refractivity contribution in [1.82, 2.24) is 5.32 Å². The van der Waals surface area contributed by atoms with Crippen LogP contribution in [0.2, 0.25) is 5.02 Å². The maximum absolute atomic E-state index is 13.5. The van der Waals surface area contributed by atoms with E-state index in [1.54, 1.807) is 30.3 Å². The number of ether oxygens (including phenoxy) is 1. The normalized spacial score (nSPS) is 12.3. The van der Waals surface area contributed by atoms with E-state index < -0.39 is 45.5 Å². The van der Waals surface area contributed by atoms with Gasteiger partial charge >= 0.3 is 12.1 Å². The number of methoxy groups -OCH3 is 1. The Labute approximate surface area is 255 Å². The van der Waals surface area contributed by atoms with Crippen LogP contribution in [0.15, 0.2) is 84.9 Å². The quantitative estimate of drug-likeness (QED) is 0.155. The van der Waals surface area contributed by atoms with E-state index in [1.165, 1.54) is 42.5 Å². The Kier molecular flexibility index (Phi) is 9.65. The molecule has 0 fully saturated rings. The Hall–Kier alpha value is -4.42. The lowest BCUT2D eigenvalue weighted by Gasteiger charge is -2.19. The van der Waals surface area contributed by atoms with Gasteiger partial charge in [-0.2, -0.15) is 13.2 Å². The van der Waals surface area contributed by atoms with E-state index in [2.05, 4.69) is 10.0 Å². The van der Waals surface area contributed by atoms with Gasteiger partial charge in [-0.15, -0.1) is 0 Å². The van der Waals surface area contributed by atoms with Gasteiger partial charge in [0, 0.05) is 6.42 Å². The number of benzene rings is 4. The molecule has 2 N–H and O–H groups in total. The van der Waals surface area contributed by atoms with Gasteiger partial charge in [-0.3, -0.25) is 9.52 Å². The molecule has 0 bridgehead atoms. The van der Waals surface area contributed by atoms with Gasteiger partial charge in [-0.05, 0) is 64.2 Å². The number of carbonyl (C=O) groups excluding carboxylic acids is 2. The molecule has 0 aliphatic rings. The number of alkyl halides is 3. The lowest BCUT2D eigenvalue weighted by molar-refractivity contribution is -0.143. The number of rotatable bonds is 9. The van der Waals surface area contributed by atoms with E-state index in [0.29, 0.717) is 22.3 Å². The fourth-order valence-corrected chi connectivity index (χ4v) is 5.13. The van der Waals surface area contributed by atoms with Crippen LogP contribution in [0.3, 0.4) is 0 Å². The van der Waals surface area contributed by atoms with Gasteiger partial charge in [0.05, 0.1) is 35.2 Å². The van der Waals surface area contributed by atoms with E-state index in [4.69, 9.17) is 16.3 Å². The van der Waals surface area contributed by atoms with E-state index >= 15 is 0 Å². The van der Waals surface area contributed by atoms with Crippen molar-refractivity contribution in [3.8, 4) is 22.3 Å². The minimum atomic E-state index is -4.54. The molecule has 4 rings (SSSR count). The number of carbonyl (C=O) groups is 2. The standard InChI is InChI=1S/C31H25ClF4N2O5S/c1-43-30(40)28(15-18-3-5-19(6-4-18)22-9-13-26(33)25(32)17-22)37-29(39)24-16-21(10-14-27(24)38-44(2,41)42)20-7-11-23(12-8-20)31(34,35)36/h3-14,16-17,28,38H,15H2,1-2H3,(H,37,39)/t28-/m0/s1. The number of halogens is 5. The van der Waals surface area contributed by atoms with Crippen molar-refractivity contribution >= 4 is 39.2 Å². The summed E-state index contributed by atoms with van der Waals surface area (Å²) in [5.74, 6) is -2.16. The highest BCUT2D eigenvalue weighted by Crippen LogP contribution is 2.32. The number of nitrogens with one attached hydrogen (secondary N) is 2. The molecule has 1 amide bonds. The van der Waals surface area contributed by atoms with Gasteiger partial charge in [-0.25, -0.2) is 17.6 Å². The summed E-state index contributed by atoms with van der Waals surface area (Å²) in [7, 11) is -2.69. The predicted molar refractivity (Wildman–Crippen MR) is 159 cm³/mol. The fourth-order valence-electron chi connectivity index (χ4n) is 4.37. The molecule has 0 saturated heterocycles. The minimum absolute atomic E-state index is 0.00367. The number of hydrogen-bond acceptors (Lipinski definition) is 5. The van der Waals surface area contributed by atoms with Crippen LogP contribution in [-0.2, 0) is 32.2 Å². The smallest absolute Gasteiger partial charge is 0.416 e. The van der Waals surface area contributed by atoms with Crippen molar-refractivity contribution in [1.29, 1.82) is 0 Å². The van der Waals surface area contributed by atoms with Crippen LogP contribution in [0.25, 0.3) is 22.3 Å². The van der Waals surface area contributed by atoms with Gasteiger partial charge in [0.15, 0.2) is 0 Å². The second-order valence-corrected chi connectivity index (χ2v) is 11.9. The highest BCUT2D eigenvalue weighted by molar-refractivity contribution is 7.92. The molecule has 0 heterocycles. The lowest BCUT2D eigenvalue weighted by Crippen LogP contribution is -2.43. The molecule has 44 heavy (non-hydrogen) atoms. The summed E-state index contributed by atoms with van der Waals surface area (Å²) < 4.78 is 83.7. The van der Waals surface area contributed by atoms with Crippen LogP contribution >= 0.6 is 11.6 Å². The number of amides is 1. The zero-order chi connectivity index (χ0) is 32.2. The van der Waals surface area contributed by atoms with Crippen molar-refractivity contribution in [3.05, 3.63) is 112 Å². The van der Waals surface area contributed by atoms with Crippen LogP contribution in [0, 0.1) is 5.82 Å². The average Bonchev–Trinajstić information content (AvgIpc) is 2.97. The molecular weight excluding hydrogens is 624 g/mol. The van der Waals surface area contributed by atoms with E-state index in [0.717, 1.165) is 31.1 Å². The van der Waals surface area contributed by atoms with Crippen molar-refractivity contribution in [2.24, 2.45) is 0 Å². The molecule has 0 unspecified atom stereocenters. The van der Waals surface area contributed by atoms with Crippen LogP contribution in [-0.4, -0.2) is 39.7 Å². The van der Waals surface area contributed by atoms with Gasteiger partial charge in [0.1, 0.15) is 11.9 Å². The van der Waals surface area contributed by atoms with Crippen LogP contribution in [0.1, 0.15) is 21.5 Å². The first-order valence-electron chi connectivity index (χ1n) is 12.9. The van der Waals surface area contributed by atoms with Gasteiger partial charge in [0.2, 0.25) is 10.0 Å². The number of sulfonamides is 1. The second-order valence-electron chi connectivity index (χ2n) is 9.79. The van der Waals surface area contributed by atoms with Gasteiger partial charge < -0.3 is 10.1 Å². The summed E-state index contributed by atoms with van der Waals surface area (Å²) in [6, 6.07) is 18.3. The fraction of sp³-hybridized carbons (Fsp3) is 0.161. The second kappa shape index (κ2) is 13.1. The Morgan fingerprint density at radius 3 is 1.95 bits per heavy atom. The molecule has 4 aromatic rings. The molecule has 0 spiro atoms. The minimum Gasteiger partial charge on any atom is -0.467 e. The summed E-state index contributed by atoms with van der Waals surface area (Å²) in [6.45, 7) is 0. The third kappa shape index (κ3) is 8.14. The highest BCUT2D eigenvalue weighted by atomic mass is 35.5. The molecule has 0 saturated carbocycles. The van der Waals surface area contributed by atoms with Gasteiger partial charge in [-0.1, -0.05) is 60.1 Å². The Balaban J connectivity index is 1.62. The summed E-state index contributed by atoms with van der Waals surface area (Å²) in [6.07, 6.45) is -3.65. The van der Waals surface area contributed by atoms with Crippen LogP contribution in [0.4, 0.5) is 23.2 Å². The van der Waals surface area contributed by atoms with E-state index in [-0.39, 0.29) is 22.7 Å². The third-order valence-corrected chi connectivity index (χ3v) is 7.42. The van der Waals surface area contributed by atoms with Crippen LogP contribution in [0.5, 0.6) is 0 Å². The average molecular weight is 649 g/mol. The van der Waals surface area contributed by atoms with Crippen molar-refractivity contribution in [2.45, 2.75) is 18.6 Å². The zero-order valence-electron chi connectivity index (χ0n) is 23.2. The highest BCUT2D eigenvalue weighted by Gasteiger charge is 2.30. The molecule has 7 nitrogen and oxygen atoms in total. The topological polar surface area (TPSA) is 102 Å². The molecule has 13 heteroatoms. The van der Waals surface area contributed by atoms with Crippen LogP contribution < -0.4 is 10.0 Å². The SMILES string of the molecule is COC(=O)[C@H](Cc1ccc(-c2ccc(F)c(Cl)c2)cc1)NC(=O)c1cc(-c2ccc(C(F)(F)F)cc2)ccc1NS(C)(=O)=O. The number of hydrogen-bond donors (Lipinski definition) is 2. The van der Waals surface area contributed by atoms with Crippen molar-refractivity contribution in [3.63, 3.8) is 0 Å². The number of anilines is 1. The molecule has 0 radical (unpaired) electrons. The predicted octanol–water partition coefficient (Wildman–Crippen LogP) is 6.72. The molecule has 4 aromatic carbocycles. The summed E-state index contributed by atoms with van der Waals surface area (Å²) >= 11 is 5.88. The van der Waals surface area contributed by atoms with Crippen molar-refractivity contribution < 1.29 is 40.3 Å². The monoisotopic (exact) mass is 648 g/mol. The summed E-state index contributed by atoms with van der Waals surface area (Å²) in [5.41, 5.74) is 1.55. The van der Waals surface area contributed by atoms with Crippen molar-refractivity contribution in [2.75, 3.05) is 18.1 Å². The Morgan fingerprint density at radius 2 is 1.41 bits per heavy atom.